The van der Waals surface area contributed by atoms with Crippen molar-refractivity contribution in [2.75, 3.05) is 0 Å². The van der Waals surface area contributed by atoms with Crippen molar-refractivity contribution in [2.45, 2.75) is 37.8 Å². The molecule has 0 aliphatic heterocycles. The van der Waals surface area contributed by atoms with E-state index in [0.29, 0.717) is 12.1 Å². The van der Waals surface area contributed by atoms with Crippen LogP contribution in [0.4, 0.5) is 0 Å². The molecule has 3 rings (SSSR count). The monoisotopic (exact) mass is 444 g/mol. The quantitative estimate of drug-likeness (QED) is 0.541. The number of benzene rings is 2. The predicted molar refractivity (Wildman–Crippen MR) is 112 cm³/mol. The van der Waals surface area contributed by atoms with Crippen LogP contribution in [0.2, 0.25) is 0 Å². The van der Waals surface area contributed by atoms with Crippen LogP contribution in [0, 0.1) is 6.92 Å². The standard InChI is InChI=1S/C20H21BrN4OS/c1-3-25-18(12-22-19(26)16-6-4-5-14(2)11-16)23-24-20(25)27-13-15-7-9-17(21)10-8-15/h4-11H,3,12-13H2,1-2H3,(H,22,26). The highest BCUT2D eigenvalue weighted by Crippen LogP contribution is 2.23. The molecule has 0 atom stereocenters. The van der Waals surface area contributed by atoms with Crippen molar-refractivity contribution < 1.29 is 4.79 Å². The molecule has 1 amide bonds. The first kappa shape index (κ1) is 19.6. The van der Waals surface area contributed by atoms with Gasteiger partial charge in [-0.1, -0.05) is 57.5 Å². The molecule has 1 heterocycles. The SMILES string of the molecule is CCn1c(CNC(=O)c2cccc(C)c2)nnc1SCc1ccc(Br)cc1. The molecule has 0 saturated carbocycles. The third-order valence-corrected chi connectivity index (χ3v) is 5.64. The van der Waals surface area contributed by atoms with Gasteiger partial charge in [0.1, 0.15) is 0 Å². The molecule has 0 fully saturated rings. The Morgan fingerprint density at radius 2 is 1.96 bits per heavy atom. The van der Waals surface area contributed by atoms with E-state index in [2.05, 4.69) is 50.5 Å². The van der Waals surface area contributed by atoms with E-state index in [0.717, 1.165) is 33.3 Å². The minimum Gasteiger partial charge on any atom is -0.345 e. The van der Waals surface area contributed by atoms with Gasteiger partial charge in [-0.15, -0.1) is 10.2 Å². The lowest BCUT2D eigenvalue weighted by atomic mass is 10.1. The van der Waals surface area contributed by atoms with Crippen molar-refractivity contribution in [3.63, 3.8) is 0 Å². The van der Waals surface area contributed by atoms with E-state index >= 15 is 0 Å². The van der Waals surface area contributed by atoms with Crippen LogP contribution in [0.3, 0.4) is 0 Å². The number of hydrogen-bond acceptors (Lipinski definition) is 4. The van der Waals surface area contributed by atoms with Crippen LogP contribution in [0.25, 0.3) is 0 Å². The van der Waals surface area contributed by atoms with Crippen LogP contribution in [0.1, 0.15) is 34.2 Å². The molecule has 0 unspecified atom stereocenters. The Kier molecular flexibility index (Phi) is 6.68. The molecule has 7 heteroatoms. The highest BCUT2D eigenvalue weighted by molar-refractivity contribution is 9.10. The number of aromatic nitrogens is 3. The van der Waals surface area contributed by atoms with Gasteiger partial charge >= 0.3 is 0 Å². The first-order chi connectivity index (χ1) is 13.1. The van der Waals surface area contributed by atoms with Gasteiger partial charge in [-0.05, 0) is 43.7 Å². The number of thioether (sulfide) groups is 1. The van der Waals surface area contributed by atoms with E-state index in [1.54, 1.807) is 11.8 Å². The van der Waals surface area contributed by atoms with Gasteiger partial charge < -0.3 is 9.88 Å². The maximum absolute atomic E-state index is 12.3. The summed E-state index contributed by atoms with van der Waals surface area (Å²) in [5, 5.41) is 12.4. The van der Waals surface area contributed by atoms with E-state index in [9.17, 15) is 4.79 Å². The Morgan fingerprint density at radius 1 is 1.19 bits per heavy atom. The van der Waals surface area contributed by atoms with Gasteiger partial charge in [-0.25, -0.2) is 0 Å². The number of amides is 1. The van der Waals surface area contributed by atoms with E-state index in [1.165, 1.54) is 5.56 Å². The number of nitrogens with one attached hydrogen (secondary N) is 1. The Balaban J connectivity index is 1.63. The number of rotatable bonds is 7. The summed E-state index contributed by atoms with van der Waals surface area (Å²) in [6.45, 7) is 5.14. The molecule has 0 radical (unpaired) electrons. The van der Waals surface area contributed by atoms with Gasteiger partial charge in [0.15, 0.2) is 11.0 Å². The second-order valence-corrected chi connectivity index (χ2v) is 7.97. The fourth-order valence-corrected chi connectivity index (χ4v) is 3.89. The molecule has 140 valence electrons. The van der Waals surface area contributed by atoms with Crippen LogP contribution >= 0.6 is 27.7 Å². The topological polar surface area (TPSA) is 59.8 Å². The number of hydrogen-bond donors (Lipinski definition) is 1. The normalized spacial score (nSPS) is 10.8. The van der Waals surface area contributed by atoms with Gasteiger partial charge in [0.05, 0.1) is 6.54 Å². The molecule has 27 heavy (non-hydrogen) atoms. The molecule has 0 spiro atoms. The van der Waals surface area contributed by atoms with Crippen molar-refractivity contribution >= 4 is 33.6 Å². The van der Waals surface area contributed by atoms with E-state index in [4.69, 9.17) is 0 Å². The van der Waals surface area contributed by atoms with Crippen LogP contribution in [0.15, 0.2) is 58.2 Å². The second kappa shape index (κ2) is 9.19. The van der Waals surface area contributed by atoms with Crippen molar-refractivity contribution in [1.29, 1.82) is 0 Å². The summed E-state index contributed by atoms with van der Waals surface area (Å²) in [7, 11) is 0. The summed E-state index contributed by atoms with van der Waals surface area (Å²) >= 11 is 5.09. The lowest BCUT2D eigenvalue weighted by molar-refractivity contribution is 0.0949. The maximum atomic E-state index is 12.3. The lowest BCUT2D eigenvalue weighted by Crippen LogP contribution is -2.24. The minimum absolute atomic E-state index is 0.103. The van der Waals surface area contributed by atoms with Crippen LogP contribution in [0.5, 0.6) is 0 Å². The van der Waals surface area contributed by atoms with Gasteiger partial charge in [-0.2, -0.15) is 0 Å². The fraction of sp³-hybridized carbons (Fsp3) is 0.250. The Morgan fingerprint density at radius 3 is 2.67 bits per heavy atom. The third-order valence-electron chi connectivity index (χ3n) is 4.08. The number of halogens is 1. The predicted octanol–water partition coefficient (Wildman–Crippen LogP) is 4.59. The molecular weight excluding hydrogens is 424 g/mol. The largest absolute Gasteiger partial charge is 0.345 e. The summed E-state index contributed by atoms with van der Waals surface area (Å²) in [6.07, 6.45) is 0. The molecule has 0 saturated heterocycles. The van der Waals surface area contributed by atoms with Crippen molar-refractivity contribution in [2.24, 2.45) is 0 Å². The molecular formula is C20H21BrN4OS. The van der Waals surface area contributed by atoms with E-state index in [1.807, 2.05) is 47.9 Å². The average Bonchev–Trinajstić information content (AvgIpc) is 3.07. The van der Waals surface area contributed by atoms with Gasteiger partial charge in [0.2, 0.25) is 0 Å². The first-order valence-corrected chi connectivity index (χ1v) is 10.5. The molecule has 1 N–H and O–H groups in total. The van der Waals surface area contributed by atoms with Crippen LogP contribution in [-0.4, -0.2) is 20.7 Å². The molecule has 1 aromatic heterocycles. The smallest absolute Gasteiger partial charge is 0.251 e. The van der Waals surface area contributed by atoms with Gasteiger partial charge in [0.25, 0.3) is 5.91 Å². The Bertz CT molecular complexity index is 924. The molecule has 0 bridgehead atoms. The number of aryl methyl sites for hydroxylation is 1. The van der Waals surface area contributed by atoms with Crippen molar-refractivity contribution in [1.82, 2.24) is 20.1 Å². The molecule has 3 aromatic rings. The number of carbonyl (C=O) groups is 1. The number of nitrogens with zero attached hydrogens (tertiary/aromatic N) is 3. The molecule has 2 aromatic carbocycles. The van der Waals surface area contributed by atoms with Crippen LogP contribution in [-0.2, 0) is 18.8 Å². The van der Waals surface area contributed by atoms with Crippen molar-refractivity contribution in [3.8, 4) is 0 Å². The fourth-order valence-electron chi connectivity index (χ4n) is 2.65. The average molecular weight is 445 g/mol. The first-order valence-electron chi connectivity index (χ1n) is 8.71. The Labute approximate surface area is 171 Å². The minimum atomic E-state index is -0.103. The summed E-state index contributed by atoms with van der Waals surface area (Å²) in [5.74, 6) is 1.48. The molecule has 0 aliphatic carbocycles. The summed E-state index contributed by atoms with van der Waals surface area (Å²) in [6, 6.07) is 15.8. The molecule has 0 aliphatic rings. The zero-order valence-electron chi connectivity index (χ0n) is 15.3. The van der Waals surface area contributed by atoms with E-state index in [-0.39, 0.29) is 5.91 Å². The zero-order chi connectivity index (χ0) is 19.2. The van der Waals surface area contributed by atoms with Gasteiger partial charge in [-0.3, -0.25) is 4.79 Å². The second-order valence-electron chi connectivity index (χ2n) is 6.11. The summed E-state index contributed by atoms with van der Waals surface area (Å²) in [5.41, 5.74) is 2.94. The molecule has 5 nitrogen and oxygen atoms in total. The zero-order valence-corrected chi connectivity index (χ0v) is 17.7. The lowest BCUT2D eigenvalue weighted by Gasteiger charge is -2.09. The summed E-state index contributed by atoms with van der Waals surface area (Å²) < 4.78 is 3.11. The van der Waals surface area contributed by atoms with Crippen molar-refractivity contribution in [3.05, 3.63) is 75.5 Å². The Hall–Kier alpha value is -2.12. The van der Waals surface area contributed by atoms with Gasteiger partial charge in [0, 0.05) is 22.3 Å². The summed E-state index contributed by atoms with van der Waals surface area (Å²) in [4.78, 5) is 12.3. The number of carbonyl (C=O) groups excluding carboxylic acids is 1. The van der Waals surface area contributed by atoms with Crippen LogP contribution < -0.4 is 5.32 Å². The highest BCUT2D eigenvalue weighted by atomic mass is 79.9. The van der Waals surface area contributed by atoms with E-state index < -0.39 is 0 Å². The highest BCUT2D eigenvalue weighted by Gasteiger charge is 2.13. The maximum Gasteiger partial charge on any atom is 0.251 e. The third kappa shape index (κ3) is 5.20.